The van der Waals surface area contributed by atoms with Crippen molar-refractivity contribution in [1.29, 1.82) is 0 Å². The minimum Gasteiger partial charge on any atom is -0.310 e. The number of hydrogen-bond acceptors (Lipinski definition) is 1. The van der Waals surface area contributed by atoms with E-state index in [1.165, 1.54) is 88.2 Å². The normalized spacial score (nSPS) is 11.3. The minimum atomic E-state index is 1.07. The van der Waals surface area contributed by atoms with Crippen molar-refractivity contribution in [2.24, 2.45) is 0 Å². The fourth-order valence-electron chi connectivity index (χ4n) is 10.7. The molecule has 338 valence electrons. The van der Waals surface area contributed by atoms with Gasteiger partial charge in [-0.25, -0.2) is 0 Å². The summed E-state index contributed by atoms with van der Waals surface area (Å²) < 4.78 is 2.40. The van der Waals surface area contributed by atoms with Crippen LogP contribution in [0.3, 0.4) is 0 Å². The Kier molecular flexibility index (Phi) is 10.9. The second kappa shape index (κ2) is 18.4. The lowest BCUT2D eigenvalue weighted by Gasteiger charge is -2.27. The van der Waals surface area contributed by atoms with E-state index in [-0.39, 0.29) is 0 Å². The van der Waals surface area contributed by atoms with Crippen LogP contribution >= 0.6 is 0 Å². The highest BCUT2D eigenvalue weighted by Gasteiger charge is 2.20. The number of para-hydroxylation sites is 2. The van der Waals surface area contributed by atoms with Crippen molar-refractivity contribution >= 4 is 49.6 Å². The first-order chi connectivity index (χ1) is 35.7. The van der Waals surface area contributed by atoms with Gasteiger partial charge < -0.3 is 9.47 Å². The van der Waals surface area contributed by atoms with Crippen LogP contribution in [0.4, 0.5) is 17.1 Å². The lowest BCUT2D eigenvalue weighted by atomic mass is 9.91. The number of nitrogens with zero attached hydrogens (tertiary/aromatic N) is 2. The quantitative estimate of drug-likeness (QED) is 0.133. The molecule has 13 aromatic rings. The summed E-state index contributed by atoms with van der Waals surface area (Å²) in [5.74, 6) is 0. The molecular weight excluding hydrogens is 869 g/mol. The Labute approximate surface area is 420 Å². The second-order valence-electron chi connectivity index (χ2n) is 18.5. The monoisotopic (exact) mass is 916 g/mol. The van der Waals surface area contributed by atoms with Crippen molar-refractivity contribution in [1.82, 2.24) is 4.57 Å². The predicted octanol–water partition coefficient (Wildman–Crippen LogP) is 19.4. The van der Waals surface area contributed by atoms with Gasteiger partial charge in [0.1, 0.15) is 0 Å². The Morgan fingerprint density at radius 3 is 1.40 bits per heavy atom. The minimum absolute atomic E-state index is 1.07. The summed E-state index contributed by atoms with van der Waals surface area (Å²) in [6.45, 7) is 0. The topological polar surface area (TPSA) is 8.17 Å². The average Bonchev–Trinajstić information content (AvgIpc) is 3.81. The van der Waals surface area contributed by atoms with Crippen LogP contribution in [0.15, 0.2) is 291 Å². The summed E-state index contributed by atoms with van der Waals surface area (Å²) in [6, 6.07) is 106. The third kappa shape index (κ3) is 7.92. The Hall–Kier alpha value is -9.50. The average molecular weight is 917 g/mol. The lowest BCUT2D eigenvalue weighted by molar-refractivity contribution is 1.18. The zero-order chi connectivity index (χ0) is 47.8. The number of anilines is 3. The molecule has 2 nitrogen and oxygen atoms in total. The molecule has 0 amide bonds. The van der Waals surface area contributed by atoms with Crippen LogP contribution in [0.2, 0.25) is 0 Å². The fraction of sp³-hybridized carbons (Fsp3) is 0. The number of hydrogen-bond donors (Lipinski definition) is 0. The Morgan fingerprint density at radius 1 is 0.236 bits per heavy atom. The maximum absolute atomic E-state index is 2.40. The van der Waals surface area contributed by atoms with E-state index in [9.17, 15) is 0 Å². The number of fused-ring (bicyclic) bond motifs is 4. The van der Waals surface area contributed by atoms with Crippen molar-refractivity contribution < 1.29 is 0 Å². The van der Waals surface area contributed by atoms with Crippen molar-refractivity contribution in [2.45, 2.75) is 0 Å². The summed E-state index contributed by atoms with van der Waals surface area (Å²) in [6.07, 6.45) is 0. The summed E-state index contributed by atoms with van der Waals surface area (Å²) >= 11 is 0. The number of rotatable bonds is 10. The van der Waals surface area contributed by atoms with Gasteiger partial charge in [0.15, 0.2) is 0 Å². The van der Waals surface area contributed by atoms with E-state index in [1.807, 2.05) is 0 Å². The third-order valence-electron chi connectivity index (χ3n) is 14.2. The summed E-state index contributed by atoms with van der Waals surface area (Å²) in [5, 5.41) is 4.94. The first-order valence-electron chi connectivity index (χ1n) is 24.7. The van der Waals surface area contributed by atoms with Crippen molar-refractivity contribution in [2.75, 3.05) is 4.90 Å². The second-order valence-corrected chi connectivity index (χ2v) is 18.5. The molecule has 2 heteroatoms. The zero-order valence-corrected chi connectivity index (χ0v) is 39.6. The van der Waals surface area contributed by atoms with E-state index in [4.69, 9.17) is 0 Å². The largest absolute Gasteiger partial charge is 0.310 e. The highest BCUT2D eigenvalue weighted by Crippen LogP contribution is 2.44. The number of benzene rings is 12. The molecule has 0 aliphatic carbocycles. The molecule has 0 radical (unpaired) electrons. The first-order valence-corrected chi connectivity index (χ1v) is 24.7. The van der Waals surface area contributed by atoms with Gasteiger partial charge in [-0.15, -0.1) is 0 Å². The molecule has 1 heterocycles. The van der Waals surface area contributed by atoms with E-state index in [0.717, 1.165) is 33.9 Å². The highest BCUT2D eigenvalue weighted by atomic mass is 15.1. The molecular formula is C70H48N2. The molecule has 0 atom stereocenters. The van der Waals surface area contributed by atoms with Gasteiger partial charge in [0.2, 0.25) is 0 Å². The van der Waals surface area contributed by atoms with Crippen LogP contribution in [0.1, 0.15) is 0 Å². The third-order valence-corrected chi connectivity index (χ3v) is 14.2. The van der Waals surface area contributed by atoms with Crippen LogP contribution in [0.25, 0.3) is 105 Å². The van der Waals surface area contributed by atoms with Gasteiger partial charge in [0, 0.05) is 33.5 Å². The standard InChI is InChI=1S/C70H48N2/c1-5-18-49(19-6-1)51-34-38-61(39-35-51)71(63-42-43-64(53-21-7-2-8-22-53)67(48-63)54-23-9-3-10-24-54)62-40-36-52(37-41-62)57-45-58(56-33-32-50-20-13-14-25-55(50)44-56)47-59(46-57)65-29-17-31-69-70(65)66-28-15-16-30-68(66)72(69)60-26-11-4-12-27-60/h1-48H. The van der Waals surface area contributed by atoms with Crippen LogP contribution in [0.5, 0.6) is 0 Å². The maximum atomic E-state index is 2.40. The van der Waals surface area contributed by atoms with E-state index < -0.39 is 0 Å². The summed E-state index contributed by atoms with van der Waals surface area (Å²) in [4.78, 5) is 2.39. The van der Waals surface area contributed by atoms with E-state index in [0.29, 0.717) is 0 Å². The number of aromatic nitrogens is 1. The Morgan fingerprint density at radius 2 is 0.722 bits per heavy atom. The highest BCUT2D eigenvalue weighted by molar-refractivity contribution is 6.16. The Bertz CT molecular complexity index is 4050. The van der Waals surface area contributed by atoms with Gasteiger partial charge in [0.05, 0.1) is 11.0 Å². The van der Waals surface area contributed by atoms with Crippen molar-refractivity contribution in [3.8, 4) is 72.4 Å². The van der Waals surface area contributed by atoms with Crippen LogP contribution in [0, 0.1) is 0 Å². The zero-order valence-electron chi connectivity index (χ0n) is 39.6. The van der Waals surface area contributed by atoms with Gasteiger partial charge in [-0.3, -0.25) is 0 Å². The van der Waals surface area contributed by atoms with Gasteiger partial charge in [-0.2, -0.15) is 0 Å². The SMILES string of the molecule is c1ccc(-c2ccc(N(c3ccc(-c4cc(-c5ccc6ccccc6c5)cc(-c5cccc6c5c5ccccc5n6-c5ccccc5)c4)cc3)c3ccc(-c4ccccc4)c(-c4ccccc4)c3)cc2)cc1. The Balaban J connectivity index is 0.971. The molecule has 13 rings (SSSR count). The predicted molar refractivity (Wildman–Crippen MR) is 306 cm³/mol. The van der Waals surface area contributed by atoms with Crippen molar-refractivity contribution in [3.05, 3.63) is 291 Å². The molecule has 0 saturated heterocycles. The van der Waals surface area contributed by atoms with Crippen LogP contribution in [-0.4, -0.2) is 4.57 Å². The van der Waals surface area contributed by atoms with Crippen molar-refractivity contribution in [3.63, 3.8) is 0 Å². The molecule has 0 fully saturated rings. The van der Waals surface area contributed by atoms with E-state index in [1.54, 1.807) is 0 Å². The van der Waals surface area contributed by atoms with E-state index >= 15 is 0 Å². The maximum Gasteiger partial charge on any atom is 0.0547 e. The summed E-state index contributed by atoms with van der Waals surface area (Å²) in [5.41, 5.74) is 20.9. The fourth-order valence-corrected chi connectivity index (χ4v) is 10.7. The molecule has 0 N–H and O–H groups in total. The molecule has 0 aliphatic heterocycles. The summed E-state index contributed by atoms with van der Waals surface area (Å²) in [7, 11) is 0. The molecule has 12 aromatic carbocycles. The molecule has 0 aliphatic rings. The molecule has 0 spiro atoms. The molecule has 72 heavy (non-hydrogen) atoms. The van der Waals surface area contributed by atoms with Gasteiger partial charge in [-0.1, -0.05) is 206 Å². The molecule has 0 bridgehead atoms. The first kappa shape index (κ1) is 42.6. The van der Waals surface area contributed by atoms with Gasteiger partial charge >= 0.3 is 0 Å². The van der Waals surface area contributed by atoms with E-state index in [2.05, 4.69) is 301 Å². The molecule has 0 unspecified atom stereocenters. The van der Waals surface area contributed by atoms with Crippen LogP contribution < -0.4 is 4.90 Å². The molecule has 0 saturated carbocycles. The smallest absolute Gasteiger partial charge is 0.0547 e. The van der Waals surface area contributed by atoms with Crippen LogP contribution in [-0.2, 0) is 0 Å². The van der Waals surface area contributed by atoms with Gasteiger partial charge in [0.25, 0.3) is 0 Å². The lowest BCUT2D eigenvalue weighted by Crippen LogP contribution is -2.10. The molecule has 1 aromatic heterocycles. The van der Waals surface area contributed by atoms with Gasteiger partial charge in [-0.05, 0) is 162 Å².